The van der Waals surface area contributed by atoms with Crippen molar-refractivity contribution in [2.24, 2.45) is 5.73 Å². The van der Waals surface area contributed by atoms with E-state index in [0.29, 0.717) is 34.0 Å². The zero-order chi connectivity index (χ0) is 53.1. The number of benzene rings is 1. The molecule has 72 heavy (non-hydrogen) atoms. The maximum absolute atomic E-state index is 13.2. The van der Waals surface area contributed by atoms with Gasteiger partial charge in [-0.3, -0.25) is 29.3 Å². The predicted molar refractivity (Wildman–Crippen MR) is 241 cm³/mol. The second kappa shape index (κ2) is 23.6. The SMILES string of the molecule is COC(=O)[C@@H](CNC(=O)c1cc2nccc(C(F)(F)F)c2s1)NC(=O)OCc1ccccc1.COC(=O)[C@H](N)CNC(=O)c1cc2nccc(C(F)(F)F)c2s1.O=C(O)c1cc2nccc(C(F)(F)F)c2s1. The molecule has 0 aliphatic heterocycles. The van der Waals surface area contributed by atoms with E-state index in [0.717, 1.165) is 62.6 Å². The van der Waals surface area contributed by atoms with E-state index >= 15 is 0 Å². The third kappa shape index (κ3) is 14.5. The van der Waals surface area contributed by atoms with Gasteiger partial charge < -0.3 is 41.0 Å². The molecule has 6 heterocycles. The van der Waals surface area contributed by atoms with Gasteiger partial charge in [0.2, 0.25) is 0 Å². The number of hydrogen-bond acceptors (Lipinski definition) is 16. The number of methoxy groups -OCH3 is 2. The fraction of sp³-hybridized carbons (Fsp3) is 0.233. The van der Waals surface area contributed by atoms with Gasteiger partial charge in [-0.1, -0.05) is 30.3 Å². The van der Waals surface area contributed by atoms with E-state index in [9.17, 15) is 68.3 Å². The highest BCUT2D eigenvalue weighted by Gasteiger charge is 2.36. The number of carbonyl (C=O) groups excluding carboxylic acids is 5. The fourth-order valence-electron chi connectivity index (χ4n) is 5.86. The number of hydrogen-bond donors (Lipinski definition) is 5. The van der Waals surface area contributed by atoms with Crippen LogP contribution < -0.4 is 21.7 Å². The molecule has 0 spiro atoms. The summed E-state index contributed by atoms with van der Waals surface area (Å²) in [5.74, 6) is -4.18. The summed E-state index contributed by atoms with van der Waals surface area (Å²) in [6.07, 6.45) is -11.5. The normalized spacial score (nSPS) is 12.3. The monoisotopic (exact) mass is 1080 g/mol. The molecule has 382 valence electrons. The zero-order valence-corrected chi connectivity index (χ0v) is 39.0. The number of nitrogens with zero attached hydrogens (tertiary/aromatic N) is 3. The lowest BCUT2D eigenvalue weighted by Crippen LogP contribution is -2.49. The summed E-state index contributed by atoms with van der Waals surface area (Å²) in [6, 6.07) is 12.6. The Bertz CT molecular complexity index is 3090. The van der Waals surface area contributed by atoms with Crippen molar-refractivity contribution < 1.29 is 87.6 Å². The molecule has 17 nitrogen and oxygen atoms in total. The van der Waals surface area contributed by atoms with Gasteiger partial charge in [-0.25, -0.2) is 14.4 Å². The predicted octanol–water partition coefficient (Wildman–Crippen LogP) is 8.07. The molecule has 1 aromatic carbocycles. The van der Waals surface area contributed by atoms with Crippen LogP contribution in [0.1, 0.15) is 51.3 Å². The van der Waals surface area contributed by atoms with Crippen LogP contribution >= 0.6 is 34.0 Å². The summed E-state index contributed by atoms with van der Waals surface area (Å²) in [6.45, 7) is -0.609. The second-order valence-electron chi connectivity index (χ2n) is 14.2. The number of carbonyl (C=O) groups is 6. The van der Waals surface area contributed by atoms with Crippen LogP contribution in [-0.2, 0) is 48.9 Å². The maximum atomic E-state index is 13.2. The number of amides is 3. The van der Waals surface area contributed by atoms with Gasteiger partial charge in [-0.15, -0.1) is 34.0 Å². The molecule has 7 aromatic rings. The van der Waals surface area contributed by atoms with Gasteiger partial charge in [0.15, 0.2) is 0 Å². The summed E-state index contributed by atoms with van der Waals surface area (Å²) >= 11 is 1.87. The lowest BCUT2D eigenvalue weighted by molar-refractivity contribution is -0.143. The van der Waals surface area contributed by atoms with Gasteiger partial charge >= 0.3 is 42.5 Å². The summed E-state index contributed by atoms with van der Waals surface area (Å²) in [7, 11) is 2.25. The smallest absolute Gasteiger partial charge is 0.417 e. The van der Waals surface area contributed by atoms with E-state index in [1.807, 2.05) is 0 Å². The van der Waals surface area contributed by atoms with Crippen molar-refractivity contribution >= 4 is 100 Å². The van der Waals surface area contributed by atoms with Gasteiger partial charge in [0.1, 0.15) is 23.6 Å². The van der Waals surface area contributed by atoms with E-state index in [1.165, 1.54) is 12.1 Å². The van der Waals surface area contributed by atoms with Crippen molar-refractivity contribution in [3.8, 4) is 0 Å². The number of aromatic nitrogens is 3. The van der Waals surface area contributed by atoms with E-state index in [-0.39, 0.29) is 65.0 Å². The highest BCUT2D eigenvalue weighted by Crippen LogP contribution is 2.40. The Labute approximate surface area is 410 Å². The Kier molecular flexibility index (Phi) is 18.2. The van der Waals surface area contributed by atoms with E-state index in [1.54, 1.807) is 30.3 Å². The third-order valence-corrected chi connectivity index (χ3v) is 12.7. The number of rotatable bonds is 12. The van der Waals surface area contributed by atoms with Gasteiger partial charge in [0.05, 0.1) is 71.3 Å². The second-order valence-corrected chi connectivity index (χ2v) is 17.3. The number of carboxylic acids is 1. The van der Waals surface area contributed by atoms with Gasteiger partial charge in [-0.05, 0) is 42.0 Å². The van der Waals surface area contributed by atoms with Crippen LogP contribution in [0, 0.1) is 0 Å². The number of halogens is 9. The summed E-state index contributed by atoms with van der Waals surface area (Å²) in [5, 5.41) is 15.7. The molecule has 0 radical (unpaired) electrons. The Morgan fingerprint density at radius 2 is 1.01 bits per heavy atom. The van der Waals surface area contributed by atoms with Gasteiger partial charge in [0.25, 0.3) is 11.8 Å². The molecule has 0 saturated carbocycles. The summed E-state index contributed by atoms with van der Waals surface area (Å²) in [4.78, 5) is 81.5. The summed E-state index contributed by atoms with van der Waals surface area (Å²) in [5.41, 5.74) is 3.74. The van der Waals surface area contributed by atoms with Crippen molar-refractivity contribution in [2.75, 3.05) is 27.3 Å². The Hall–Kier alpha value is -7.50. The molecule has 7 rings (SSSR count). The topological polar surface area (TPSA) is 251 Å². The molecular weight excluding hydrogens is 1040 g/mol. The van der Waals surface area contributed by atoms with Crippen molar-refractivity contribution in [2.45, 2.75) is 37.2 Å². The van der Waals surface area contributed by atoms with Crippen LogP contribution in [0.5, 0.6) is 0 Å². The van der Waals surface area contributed by atoms with Crippen molar-refractivity contribution in [3.05, 3.63) is 122 Å². The number of thiophene rings is 3. The zero-order valence-electron chi connectivity index (χ0n) is 36.5. The van der Waals surface area contributed by atoms with Crippen LogP contribution in [-0.4, -0.2) is 95.3 Å². The van der Waals surface area contributed by atoms with E-state index < -0.39 is 83.1 Å². The minimum Gasteiger partial charge on any atom is -0.477 e. The van der Waals surface area contributed by atoms with Crippen LogP contribution in [0.25, 0.3) is 30.6 Å². The molecule has 3 amide bonds. The van der Waals surface area contributed by atoms with Gasteiger partial charge in [0, 0.05) is 31.7 Å². The van der Waals surface area contributed by atoms with Crippen LogP contribution in [0.2, 0.25) is 0 Å². The minimum atomic E-state index is -4.60. The largest absolute Gasteiger partial charge is 0.477 e. The number of pyridine rings is 3. The third-order valence-electron chi connectivity index (χ3n) is 9.25. The lowest BCUT2D eigenvalue weighted by Gasteiger charge is -2.17. The van der Waals surface area contributed by atoms with Crippen LogP contribution in [0.4, 0.5) is 44.3 Å². The first kappa shape index (κ1) is 55.4. The number of alkyl carbamates (subject to hydrolysis) is 1. The van der Waals surface area contributed by atoms with Crippen molar-refractivity contribution in [3.63, 3.8) is 0 Å². The molecule has 0 aliphatic carbocycles. The number of nitrogens with two attached hydrogens (primary N) is 1. The number of ether oxygens (including phenoxy) is 3. The fourth-order valence-corrected chi connectivity index (χ4v) is 8.98. The number of fused-ring (bicyclic) bond motifs is 3. The number of esters is 2. The average Bonchev–Trinajstić information content (AvgIpc) is 4.10. The average molecular weight is 1080 g/mol. The Morgan fingerprint density at radius 1 is 0.611 bits per heavy atom. The Morgan fingerprint density at radius 3 is 1.42 bits per heavy atom. The molecule has 6 N–H and O–H groups in total. The summed E-state index contributed by atoms with van der Waals surface area (Å²) < 4.78 is 130. The number of aromatic carboxylic acids is 1. The first-order valence-corrected chi connectivity index (χ1v) is 22.3. The van der Waals surface area contributed by atoms with E-state index in [2.05, 4.69) is 40.4 Å². The maximum Gasteiger partial charge on any atom is 0.417 e. The molecule has 6 aromatic heterocycles. The Balaban J connectivity index is 0.000000214. The van der Waals surface area contributed by atoms with Crippen molar-refractivity contribution in [1.82, 2.24) is 30.9 Å². The highest BCUT2D eigenvalue weighted by molar-refractivity contribution is 7.21. The van der Waals surface area contributed by atoms with Gasteiger partial charge in [-0.2, -0.15) is 39.5 Å². The molecule has 29 heteroatoms. The molecule has 2 atom stereocenters. The quantitative estimate of drug-likeness (QED) is 0.0441. The first-order chi connectivity index (χ1) is 33.8. The molecule has 0 fully saturated rings. The van der Waals surface area contributed by atoms with Crippen molar-refractivity contribution in [1.29, 1.82) is 0 Å². The number of carboxylic acid groups (broad SMARTS) is 1. The molecule has 0 unspecified atom stereocenters. The highest BCUT2D eigenvalue weighted by atomic mass is 32.1. The van der Waals surface area contributed by atoms with Crippen LogP contribution in [0.15, 0.2) is 85.3 Å². The molecule has 0 bridgehead atoms. The number of alkyl halides is 9. The lowest BCUT2D eigenvalue weighted by atomic mass is 10.2. The first-order valence-electron chi connectivity index (χ1n) is 19.9. The molecule has 0 saturated heterocycles. The van der Waals surface area contributed by atoms with E-state index in [4.69, 9.17) is 15.6 Å². The van der Waals surface area contributed by atoms with Crippen LogP contribution in [0.3, 0.4) is 0 Å². The number of nitrogens with one attached hydrogen (secondary N) is 3. The molecule has 0 aliphatic rings. The molecular formula is C43H34F9N7O10S3. The standard InChI is InChI=1S/C21H18F3N3O5S.C13H12F3N3O3S.C9H4F3NO2S/c1-31-19(29)15(27-20(30)32-11-12-5-3-2-4-6-12)10-26-18(28)16-9-14-17(33-16)13(7-8-25-14)21(22,23)24;1-22-12(21)7(17)5-19-11(20)9-4-8-10(23-9)6(2-3-18-8)13(14,15)16;10-9(11,12)4-1-2-13-5-3-6(8(14)15)16-7(4)5/h2-9,15H,10-11H2,1H3,(H,26,28)(H,27,30);2-4,7H,5,17H2,1H3,(H,19,20);1-3H,(H,14,15)/t15-;7-;/m11./s1. The minimum absolute atomic E-state index is 0.0205.